The summed E-state index contributed by atoms with van der Waals surface area (Å²) in [5, 5.41) is 6.89. The first kappa shape index (κ1) is 8.57. The van der Waals surface area contributed by atoms with Gasteiger partial charge in [0.1, 0.15) is 0 Å². The smallest absolute Gasteiger partial charge is 0.290 e. The van der Waals surface area contributed by atoms with Crippen molar-refractivity contribution in [3.05, 3.63) is 0 Å². The minimum atomic E-state index is -0.250. The molecule has 2 aliphatic carbocycles. The van der Waals surface area contributed by atoms with Gasteiger partial charge in [-0.05, 0) is 37.0 Å². The standard InChI is InChI=1S/C8H14.CH2O2/c1-7-5-8(6-7)3-2-4-8;2-1-3/h7H,2-6H2,1H3;1H,(H,2,3). The lowest BCUT2D eigenvalue weighted by molar-refractivity contribution is -0.122. The molecule has 2 aliphatic rings. The van der Waals surface area contributed by atoms with Crippen LogP contribution in [-0.2, 0) is 4.79 Å². The predicted molar refractivity (Wildman–Crippen MR) is 43.4 cm³/mol. The zero-order valence-electron chi connectivity index (χ0n) is 7.05. The first-order chi connectivity index (χ1) is 5.22. The second kappa shape index (κ2) is 3.24. The summed E-state index contributed by atoms with van der Waals surface area (Å²) < 4.78 is 0. The maximum absolute atomic E-state index is 8.36. The Balaban J connectivity index is 0.000000179. The van der Waals surface area contributed by atoms with E-state index >= 15 is 0 Å². The van der Waals surface area contributed by atoms with Gasteiger partial charge in [0.2, 0.25) is 0 Å². The topological polar surface area (TPSA) is 37.3 Å². The molecule has 2 heteroatoms. The van der Waals surface area contributed by atoms with Crippen molar-refractivity contribution in [3.8, 4) is 0 Å². The van der Waals surface area contributed by atoms with E-state index in [1.165, 1.54) is 6.42 Å². The fourth-order valence-electron chi connectivity index (χ4n) is 2.50. The van der Waals surface area contributed by atoms with Gasteiger partial charge in [0.05, 0.1) is 0 Å². The van der Waals surface area contributed by atoms with Crippen molar-refractivity contribution in [2.75, 3.05) is 0 Å². The zero-order chi connectivity index (χ0) is 8.32. The Bertz CT molecular complexity index is 130. The third kappa shape index (κ3) is 1.73. The monoisotopic (exact) mass is 156 g/mol. The van der Waals surface area contributed by atoms with Crippen molar-refractivity contribution in [2.45, 2.75) is 39.0 Å². The van der Waals surface area contributed by atoms with E-state index < -0.39 is 0 Å². The van der Waals surface area contributed by atoms with Crippen LogP contribution in [0.2, 0.25) is 0 Å². The third-order valence-electron chi connectivity index (χ3n) is 2.98. The summed E-state index contributed by atoms with van der Waals surface area (Å²) in [6.45, 7) is 2.13. The molecule has 2 rings (SSSR count). The average molecular weight is 156 g/mol. The summed E-state index contributed by atoms with van der Waals surface area (Å²) in [5.74, 6) is 1.07. The molecule has 0 bridgehead atoms. The largest absolute Gasteiger partial charge is 0.483 e. The lowest BCUT2D eigenvalue weighted by Crippen LogP contribution is -2.41. The van der Waals surface area contributed by atoms with E-state index in [1.807, 2.05) is 0 Å². The fourth-order valence-corrected chi connectivity index (χ4v) is 2.50. The summed E-state index contributed by atoms with van der Waals surface area (Å²) in [4.78, 5) is 8.36. The molecule has 0 unspecified atom stereocenters. The van der Waals surface area contributed by atoms with Gasteiger partial charge in [-0.15, -0.1) is 0 Å². The van der Waals surface area contributed by atoms with Crippen molar-refractivity contribution < 1.29 is 9.90 Å². The van der Waals surface area contributed by atoms with E-state index in [1.54, 1.807) is 25.7 Å². The number of carbonyl (C=O) groups is 1. The SMILES string of the molecule is CC1CC2(CCC2)C1.O=CO. The van der Waals surface area contributed by atoms with Crippen molar-refractivity contribution >= 4 is 6.47 Å². The van der Waals surface area contributed by atoms with Crippen LogP contribution in [0.3, 0.4) is 0 Å². The second-order valence-electron chi connectivity index (χ2n) is 3.97. The van der Waals surface area contributed by atoms with Gasteiger partial charge in [-0.2, -0.15) is 0 Å². The highest BCUT2D eigenvalue weighted by atomic mass is 16.3. The lowest BCUT2D eigenvalue weighted by atomic mass is 9.52. The average Bonchev–Trinajstić information content (AvgIpc) is 1.78. The molecular formula is C9H16O2. The van der Waals surface area contributed by atoms with Crippen molar-refractivity contribution in [3.63, 3.8) is 0 Å². The molecule has 1 spiro atoms. The van der Waals surface area contributed by atoms with E-state index in [0.717, 1.165) is 11.3 Å². The maximum atomic E-state index is 8.36. The molecule has 0 aromatic heterocycles. The maximum Gasteiger partial charge on any atom is 0.290 e. The fraction of sp³-hybridized carbons (Fsp3) is 0.889. The lowest BCUT2D eigenvalue weighted by Gasteiger charge is -2.53. The minimum absolute atomic E-state index is 0.250. The number of hydrogen-bond donors (Lipinski definition) is 1. The van der Waals surface area contributed by atoms with E-state index in [0.29, 0.717) is 0 Å². The van der Waals surface area contributed by atoms with Crippen LogP contribution in [0.25, 0.3) is 0 Å². The highest BCUT2D eigenvalue weighted by molar-refractivity contribution is 5.32. The Morgan fingerprint density at radius 3 is 2.00 bits per heavy atom. The third-order valence-corrected chi connectivity index (χ3v) is 2.98. The van der Waals surface area contributed by atoms with Gasteiger partial charge >= 0.3 is 0 Å². The van der Waals surface area contributed by atoms with Gasteiger partial charge in [0.15, 0.2) is 0 Å². The molecular weight excluding hydrogens is 140 g/mol. The molecule has 11 heavy (non-hydrogen) atoms. The van der Waals surface area contributed by atoms with Crippen LogP contribution in [0.5, 0.6) is 0 Å². The van der Waals surface area contributed by atoms with Crippen LogP contribution < -0.4 is 0 Å². The van der Waals surface area contributed by atoms with E-state index in [-0.39, 0.29) is 6.47 Å². The Hall–Kier alpha value is -0.530. The van der Waals surface area contributed by atoms with Gasteiger partial charge in [-0.1, -0.05) is 13.3 Å². The molecule has 0 radical (unpaired) electrons. The molecule has 1 N–H and O–H groups in total. The first-order valence-electron chi connectivity index (χ1n) is 4.30. The summed E-state index contributed by atoms with van der Waals surface area (Å²) in [6, 6.07) is 0. The molecule has 0 amide bonds. The van der Waals surface area contributed by atoms with Crippen molar-refractivity contribution in [2.24, 2.45) is 11.3 Å². The Morgan fingerprint density at radius 1 is 1.45 bits per heavy atom. The molecule has 0 heterocycles. The Morgan fingerprint density at radius 2 is 1.91 bits per heavy atom. The number of carboxylic acid groups (broad SMARTS) is 1. The van der Waals surface area contributed by atoms with Crippen LogP contribution in [0.1, 0.15) is 39.0 Å². The predicted octanol–water partition coefficient (Wildman–Crippen LogP) is 2.29. The summed E-state index contributed by atoms with van der Waals surface area (Å²) >= 11 is 0. The zero-order valence-corrected chi connectivity index (χ0v) is 7.05. The Kier molecular flexibility index (Phi) is 2.53. The number of rotatable bonds is 0. The molecule has 2 saturated carbocycles. The molecule has 0 atom stereocenters. The second-order valence-corrected chi connectivity index (χ2v) is 3.97. The minimum Gasteiger partial charge on any atom is -0.483 e. The van der Waals surface area contributed by atoms with Crippen LogP contribution in [0.15, 0.2) is 0 Å². The van der Waals surface area contributed by atoms with Crippen LogP contribution >= 0.6 is 0 Å². The molecule has 64 valence electrons. The number of hydrogen-bond acceptors (Lipinski definition) is 1. The van der Waals surface area contributed by atoms with Gasteiger partial charge in [0.25, 0.3) is 6.47 Å². The van der Waals surface area contributed by atoms with Crippen LogP contribution in [0.4, 0.5) is 0 Å². The molecule has 0 aromatic rings. The van der Waals surface area contributed by atoms with Gasteiger partial charge in [-0.25, -0.2) is 0 Å². The quantitative estimate of drug-likeness (QED) is 0.546. The van der Waals surface area contributed by atoms with Gasteiger partial charge in [0, 0.05) is 0 Å². The van der Waals surface area contributed by atoms with E-state index in [2.05, 4.69) is 6.92 Å². The van der Waals surface area contributed by atoms with Crippen LogP contribution in [-0.4, -0.2) is 11.6 Å². The summed E-state index contributed by atoms with van der Waals surface area (Å²) in [6.07, 6.45) is 7.72. The molecule has 2 fully saturated rings. The van der Waals surface area contributed by atoms with Crippen LogP contribution in [0, 0.1) is 11.3 Å². The summed E-state index contributed by atoms with van der Waals surface area (Å²) in [5.41, 5.74) is 0.916. The normalized spacial score (nSPS) is 25.9. The van der Waals surface area contributed by atoms with Gasteiger partial charge < -0.3 is 5.11 Å². The molecule has 0 aliphatic heterocycles. The highest BCUT2D eigenvalue weighted by Gasteiger charge is 2.45. The van der Waals surface area contributed by atoms with E-state index in [9.17, 15) is 0 Å². The summed E-state index contributed by atoms with van der Waals surface area (Å²) in [7, 11) is 0. The van der Waals surface area contributed by atoms with E-state index in [4.69, 9.17) is 9.90 Å². The molecule has 2 nitrogen and oxygen atoms in total. The van der Waals surface area contributed by atoms with Crippen molar-refractivity contribution in [1.29, 1.82) is 0 Å². The highest BCUT2D eigenvalue weighted by Crippen LogP contribution is 2.58. The first-order valence-corrected chi connectivity index (χ1v) is 4.30. The Labute approximate surface area is 67.6 Å². The molecule has 0 aromatic carbocycles. The van der Waals surface area contributed by atoms with Gasteiger partial charge in [-0.3, -0.25) is 4.79 Å². The molecule has 0 saturated heterocycles. The van der Waals surface area contributed by atoms with Crippen molar-refractivity contribution in [1.82, 2.24) is 0 Å².